The third-order valence-electron chi connectivity index (χ3n) is 7.96. The van der Waals surface area contributed by atoms with Gasteiger partial charge in [-0.1, -0.05) is 44.2 Å². The molecule has 0 aliphatic carbocycles. The van der Waals surface area contributed by atoms with Crippen molar-refractivity contribution in [3.63, 3.8) is 0 Å². The summed E-state index contributed by atoms with van der Waals surface area (Å²) < 4.78 is 15.5. The zero-order chi connectivity index (χ0) is 26.2. The van der Waals surface area contributed by atoms with E-state index in [9.17, 15) is 14.0 Å². The number of fused-ring (bicyclic) bond motifs is 3. The second-order valence-corrected chi connectivity index (χ2v) is 11.3. The average Bonchev–Trinajstić information content (AvgIpc) is 3.23. The molecule has 0 spiro atoms. The lowest BCUT2D eigenvalue weighted by molar-refractivity contribution is -0.133. The first-order valence-corrected chi connectivity index (χ1v) is 13.4. The van der Waals surface area contributed by atoms with Crippen molar-refractivity contribution in [2.75, 3.05) is 26.2 Å². The van der Waals surface area contributed by atoms with Crippen molar-refractivity contribution >= 4 is 22.7 Å². The summed E-state index contributed by atoms with van der Waals surface area (Å²) in [5.41, 5.74) is 1.21. The average molecular weight is 505 g/mol. The van der Waals surface area contributed by atoms with Gasteiger partial charge in [-0.3, -0.25) is 9.59 Å². The van der Waals surface area contributed by atoms with Gasteiger partial charge in [0.25, 0.3) is 5.91 Å². The molecule has 37 heavy (non-hydrogen) atoms. The van der Waals surface area contributed by atoms with Crippen molar-refractivity contribution in [1.82, 2.24) is 19.7 Å². The molecule has 3 aromatic rings. The Morgan fingerprint density at radius 2 is 1.78 bits per heavy atom. The predicted molar refractivity (Wildman–Crippen MR) is 144 cm³/mol. The Kier molecular flexibility index (Phi) is 7.08. The Hall–Kier alpha value is -3.19. The predicted octanol–water partition coefficient (Wildman–Crippen LogP) is 4.68. The van der Waals surface area contributed by atoms with Crippen LogP contribution in [0.4, 0.5) is 4.39 Å². The lowest BCUT2D eigenvalue weighted by Gasteiger charge is -2.44. The van der Waals surface area contributed by atoms with Crippen LogP contribution in [0.5, 0.6) is 0 Å². The minimum atomic E-state index is -1.09. The zero-order valence-corrected chi connectivity index (χ0v) is 22.0. The Morgan fingerprint density at radius 3 is 2.51 bits per heavy atom. The number of rotatable bonds is 7. The number of aromatic nitrogens is 1. The molecule has 6 nitrogen and oxygen atoms in total. The van der Waals surface area contributed by atoms with Gasteiger partial charge in [0.2, 0.25) is 5.91 Å². The lowest BCUT2D eigenvalue weighted by atomic mass is 9.92. The quantitative estimate of drug-likeness (QED) is 0.476. The van der Waals surface area contributed by atoms with E-state index in [4.69, 9.17) is 0 Å². The van der Waals surface area contributed by atoms with Gasteiger partial charge in [-0.15, -0.1) is 0 Å². The maximum absolute atomic E-state index is 13.8. The summed E-state index contributed by atoms with van der Waals surface area (Å²) in [5, 5.41) is 4.11. The van der Waals surface area contributed by atoms with Crippen molar-refractivity contribution in [2.24, 2.45) is 11.8 Å². The minimum Gasteiger partial charge on any atom is -0.354 e. The normalized spacial score (nSPS) is 24.3. The molecule has 2 aromatic carbocycles. The number of piperidine rings is 1. The van der Waals surface area contributed by atoms with Crippen LogP contribution in [0.15, 0.2) is 54.6 Å². The van der Waals surface area contributed by atoms with Gasteiger partial charge in [0, 0.05) is 37.1 Å². The van der Waals surface area contributed by atoms with Crippen LogP contribution in [0.1, 0.15) is 49.7 Å². The van der Waals surface area contributed by atoms with Crippen LogP contribution in [0.25, 0.3) is 10.9 Å². The molecule has 1 saturated heterocycles. The molecule has 2 aliphatic rings. The van der Waals surface area contributed by atoms with Crippen LogP contribution in [-0.4, -0.2) is 57.9 Å². The Bertz CT molecular complexity index is 1280. The standard InChI is InChI=1S/C30H37FN4O2/c1-21-15-22(2)18-33(17-21)14-6-13-32-29(37)30(3)20-34-26-8-5-4-7-24(26)16-27(34)28(36)35(30)19-23-9-11-25(31)12-10-23/h4-5,7-12,16,21-22H,6,13-15,17-20H2,1-3H3,(H,32,37)/t21-,22+,30-/m0/s1. The summed E-state index contributed by atoms with van der Waals surface area (Å²) in [6.45, 7) is 10.8. The highest BCUT2D eigenvalue weighted by Crippen LogP contribution is 2.33. The first-order valence-electron chi connectivity index (χ1n) is 13.4. The molecule has 0 saturated carbocycles. The number of hydrogen-bond donors (Lipinski definition) is 1. The number of nitrogens with one attached hydrogen (secondary N) is 1. The number of nitrogens with zero attached hydrogens (tertiary/aromatic N) is 3. The van der Waals surface area contributed by atoms with E-state index in [1.54, 1.807) is 17.0 Å². The molecule has 1 fully saturated rings. The third kappa shape index (κ3) is 5.14. The fourth-order valence-electron chi connectivity index (χ4n) is 6.20. The van der Waals surface area contributed by atoms with E-state index in [1.807, 2.05) is 41.8 Å². The molecule has 5 rings (SSSR count). The fraction of sp³-hybridized carbons (Fsp3) is 0.467. The van der Waals surface area contributed by atoms with E-state index < -0.39 is 5.54 Å². The summed E-state index contributed by atoms with van der Waals surface area (Å²) in [6, 6.07) is 15.9. The van der Waals surface area contributed by atoms with Gasteiger partial charge in [0.05, 0.1) is 6.54 Å². The largest absolute Gasteiger partial charge is 0.354 e. The van der Waals surface area contributed by atoms with Crippen LogP contribution in [0.3, 0.4) is 0 Å². The molecule has 0 unspecified atom stereocenters. The van der Waals surface area contributed by atoms with E-state index in [1.165, 1.54) is 18.6 Å². The molecular weight excluding hydrogens is 467 g/mol. The second kappa shape index (κ2) is 10.3. The van der Waals surface area contributed by atoms with Crippen molar-refractivity contribution in [2.45, 2.75) is 52.2 Å². The van der Waals surface area contributed by atoms with Crippen molar-refractivity contribution in [3.8, 4) is 0 Å². The van der Waals surface area contributed by atoms with Gasteiger partial charge < -0.3 is 19.7 Å². The monoisotopic (exact) mass is 504 g/mol. The van der Waals surface area contributed by atoms with Crippen LogP contribution in [-0.2, 0) is 17.9 Å². The highest BCUT2D eigenvalue weighted by Gasteiger charge is 2.47. The zero-order valence-electron chi connectivity index (χ0n) is 22.0. The van der Waals surface area contributed by atoms with Gasteiger partial charge >= 0.3 is 0 Å². The summed E-state index contributed by atoms with van der Waals surface area (Å²) in [5.74, 6) is 0.728. The molecule has 2 aliphatic heterocycles. The van der Waals surface area contributed by atoms with Crippen molar-refractivity contribution in [3.05, 3.63) is 71.7 Å². The number of amides is 2. The number of para-hydroxylation sites is 1. The summed E-state index contributed by atoms with van der Waals surface area (Å²) in [7, 11) is 0. The number of benzene rings is 2. The SMILES string of the molecule is C[C@@H]1C[C@H](C)CN(CCCNC(=O)[C@]2(C)Cn3c(cc4ccccc43)C(=O)N2Cc2ccc(F)cc2)C1. The van der Waals surface area contributed by atoms with E-state index in [0.29, 0.717) is 30.6 Å². The molecule has 2 amide bonds. The maximum Gasteiger partial charge on any atom is 0.271 e. The molecule has 196 valence electrons. The van der Waals surface area contributed by atoms with Gasteiger partial charge in [-0.05, 0) is 68.0 Å². The Labute approximate surface area is 218 Å². The van der Waals surface area contributed by atoms with Gasteiger partial charge in [-0.25, -0.2) is 4.39 Å². The topological polar surface area (TPSA) is 57.6 Å². The Morgan fingerprint density at radius 1 is 1.08 bits per heavy atom. The first kappa shape index (κ1) is 25.5. The van der Waals surface area contributed by atoms with Gasteiger partial charge in [0.15, 0.2) is 0 Å². The first-order chi connectivity index (χ1) is 17.7. The van der Waals surface area contributed by atoms with E-state index >= 15 is 0 Å². The van der Waals surface area contributed by atoms with E-state index in [0.717, 1.165) is 42.5 Å². The highest BCUT2D eigenvalue weighted by molar-refractivity contribution is 6.03. The number of halogens is 1. The third-order valence-corrected chi connectivity index (χ3v) is 7.96. The van der Waals surface area contributed by atoms with Crippen molar-refractivity contribution in [1.29, 1.82) is 0 Å². The molecule has 3 heterocycles. The summed E-state index contributed by atoms with van der Waals surface area (Å²) in [4.78, 5) is 31.7. The Balaban J connectivity index is 1.35. The highest BCUT2D eigenvalue weighted by atomic mass is 19.1. The molecule has 3 atom stereocenters. The molecular formula is C30H37FN4O2. The number of likely N-dealkylation sites (tertiary alicyclic amines) is 1. The fourth-order valence-corrected chi connectivity index (χ4v) is 6.20. The molecule has 1 N–H and O–H groups in total. The second-order valence-electron chi connectivity index (χ2n) is 11.3. The minimum absolute atomic E-state index is 0.160. The molecule has 1 aromatic heterocycles. The van der Waals surface area contributed by atoms with Gasteiger partial charge in [-0.2, -0.15) is 0 Å². The van der Waals surface area contributed by atoms with Crippen LogP contribution in [0.2, 0.25) is 0 Å². The van der Waals surface area contributed by atoms with E-state index in [2.05, 4.69) is 24.1 Å². The summed E-state index contributed by atoms with van der Waals surface area (Å²) >= 11 is 0. The van der Waals surface area contributed by atoms with E-state index in [-0.39, 0.29) is 24.2 Å². The number of carbonyl (C=O) groups excluding carboxylic acids is 2. The lowest BCUT2D eigenvalue weighted by Crippen LogP contribution is -2.63. The summed E-state index contributed by atoms with van der Waals surface area (Å²) in [6.07, 6.45) is 2.14. The number of hydrogen-bond acceptors (Lipinski definition) is 3. The van der Waals surface area contributed by atoms with Gasteiger partial charge in [0.1, 0.15) is 17.1 Å². The van der Waals surface area contributed by atoms with Crippen molar-refractivity contribution < 1.29 is 14.0 Å². The van der Waals surface area contributed by atoms with Crippen LogP contribution in [0, 0.1) is 17.7 Å². The molecule has 7 heteroatoms. The van der Waals surface area contributed by atoms with Crippen LogP contribution < -0.4 is 5.32 Å². The number of carbonyl (C=O) groups is 2. The maximum atomic E-state index is 13.8. The smallest absolute Gasteiger partial charge is 0.271 e. The molecule has 0 radical (unpaired) electrons. The molecule has 0 bridgehead atoms. The van der Waals surface area contributed by atoms with Crippen LogP contribution >= 0.6 is 0 Å².